The van der Waals surface area contributed by atoms with Crippen molar-refractivity contribution in [1.29, 1.82) is 0 Å². The Bertz CT molecular complexity index is 1950. The fourth-order valence-corrected chi connectivity index (χ4v) is 6.15. The molecule has 1 aliphatic carbocycles. The number of aromatic nitrogens is 1. The average molecular weight is 578 g/mol. The van der Waals surface area contributed by atoms with Crippen molar-refractivity contribution < 1.29 is 24.1 Å². The van der Waals surface area contributed by atoms with Gasteiger partial charge in [-0.05, 0) is 78.4 Å². The molecule has 0 N–H and O–H groups in total. The quantitative estimate of drug-likeness (QED) is 0.0954. The molecule has 8 nitrogen and oxygen atoms in total. The van der Waals surface area contributed by atoms with Gasteiger partial charge in [0.15, 0.2) is 0 Å². The summed E-state index contributed by atoms with van der Waals surface area (Å²) >= 11 is 1.42. The fourth-order valence-electron chi connectivity index (χ4n) is 5.47. The van der Waals surface area contributed by atoms with Gasteiger partial charge in [-0.2, -0.15) is 0 Å². The third kappa shape index (κ3) is 4.92. The molecule has 210 valence electrons. The van der Waals surface area contributed by atoms with Gasteiger partial charge in [-0.25, -0.2) is 9.59 Å². The first-order valence-electron chi connectivity index (χ1n) is 13.5. The predicted octanol–water partition coefficient (Wildman–Crippen LogP) is 6.82. The minimum absolute atomic E-state index is 0.0217. The summed E-state index contributed by atoms with van der Waals surface area (Å²) in [5, 5.41) is 11.9. The number of thiophene rings is 1. The van der Waals surface area contributed by atoms with E-state index in [-0.39, 0.29) is 11.7 Å². The molecule has 0 amide bonds. The summed E-state index contributed by atoms with van der Waals surface area (Å²) in [6.45, 7) is 6.49. The van der Waals surface area contributed by atoms with Crippen molar-refractivity contribution >= 4 is 62.3 Å². The zero-order chi connectivity index (χ0) is 29.5. The zero-order valence-electron chi connectivity index (χ0n) is 23.5. The summed E-state index contributed by atoms with van der Waals surface area (Å²) in [4.78, 5) is 46.5. The molecule has 0 saturated carbocycles. The highest BCUT2D eigenvalue weighted by molar-refractivity contribution is 7.12. The molecule has 1 atom stereocenters. The third-order valence-electron chi connectivity index (χ3n) is 7.39. The van der Waals surface area contributed by atoms with Crippen LogP contribution in [0.3, 0.4) is 0 Å². The Kier molecular flexibility index (Phi) is 7.04. The molecule has 1 unspecified atom stereocenters. The Balaban J connectivity index is 1.54. The fraction of sp³-hybridized carbons (Fsp3) is 0.182. The summed E-state index contributed by atoms with van der Waals surface area (Å²) < 4.78 is 2.18. The lowest BCUT2D eigenvalue weighted by Crippen LogP contribution is -2.08. The summed E-state index contributed by atoms with van der Waals surface area (Å²) in [7, 11) is 0. The second-order valence-corrected chi connectivity index (χ2v) is 11.3. The van der Waals surface area contributed by atoms with Crippen LogP contribution in [0.1, 0.15) is 59.6 Å². The number of carbonyl (C=O) groups is 3. The molecule has 5 aromatic rings. The maximum atomic E-state index is 13.3. The van der Waals surface area contributed by atoms with Gasteiger partial charge in [0.25, 0.3) is 0 Å². The van der Waals surface area contributed by atoms with Gasteiger partial charge in [-0.1, -0.05) is 35.4 Å². The van der Waals surface area contributed by atoms with E-state index in [4.69, 9.17) is 9.68 Å². The standard InChI is InChI=1S/C33H27N3O5S/c1-18-14-24-16-30-28(17-26(24)32(18)35-41-21(4)38)27-15-23(33(39)31-6-5-13-42-31)9-12-29(27)36(30)25-10-7-22(8-11-25)19(2)34-40-20(3)37/h5-13,15-18H,14H2,1-4H3/b34-19?,35-32+. The molecular weight excluding hydrogens is 550 g/mol. The Morgan fingerprint density at radius 3 is 2.26 bits per heavy atom. The third-order valence-corrected chi connectivity index (χ3v) is 8.26. The Morgan fingerprint density at radius 1 is 0.857 bits per heavy atom. The van der Waals surface area contributed by atoms with E-state index in [1.165, 1.54) is 25.2 Å². The highest BCUT2D eigenvalue weighted by Crippen LogP contribution is 2.38. The van der Waals surface area contributed by atoms with Crippen LogP contribution in [0.5, 0.6) is 0 Å². The Morgan fingerprint density at radius 2 is 1.57 bits per heavy atom. The van der Waals surface area contributed by atoms with Crippen molar-refractivity contribution in [2.24, 2.45) is 16.2 Å². The van der Waals surface area contributed by atoms with E-state index in [1.807, 2.05) is 60.0 Å². The summed E-state index contributed by atoms with van der Waals surface area (Å²) in [6.07, 6.45) is 0.764. The molecule has 6 rings (SSSR count). The van der Waals surface area contributed by atoms with Crippen LogP contribution in [0, 0.1) is 5.92 Å². The lowest BCUT2D eigenvalue weighted by Gasteiger charge is -2.10. The monoisotopic (exact) mass is 577 g/mol. The zero-order valence-corrected chi connectivity index (χ0v) is 24.3. The second-order valence-electron chi connectivity index (χ2n) is 10.4. The molecule has 2 aromatic heterocycles. The summed E-state index contributed by atoms with van der Waals surface area (Å²) in [6, 6.07) is 21.6. The molecule has 1 aliphatic rings. The number of ketones is 1. The van der Waals surface area contributed by atoms with Gasteiger partial charge in [-0.3, -0.25) is 4.79 Å². The lowest BCUT2D eigenvalue weighted by atomic mass is 10.0. The largest absolute Gasteiger partial charge is 0.331 e. The topological polar surface area (TPSA) is 99.3 Å². The molecule has 2 heterocycles. The van der Waals surface area contributed by atoms with Crippen LogP contribution in [0.15, 0.2) is 82.4 Å². The molecule has 0 saturated heterocycles. The average Bonchev–Trinajstić information content (AvgIpc) is 3.69. The van der Waals surface area contributed by atoms with Crippen LogP contribution in [0.25, 0.3) is 27.5 Å². The number of rotatable bonds is 6. The first kappa shape index (κ1) is 27.3. The summed E-state index contributed by atoms with van der Waals surface area (Å²) in [5.74, 6) is -0.878. The van der Waals surface area contributed by atoms with Gasteiger partial charge in [0.1, 0.15) is 0 Å². The minimum atomic E-state index is -0.476. The molecule has 9 heteroatoms. The Hall–Kier alpha value is -4.89. The molecule has 0 spiro atoms. The number of hydrogen-bond acceptors (Lipinski definition) is 8. The predicted molar refractivity (Wildman–Crippen MR) is 164 cm³/mol. The normalized spacial score (nSPS) is 15.8. The van der Waals surface area contributed by atoms with Gasteiger partial charge in [0.2, 0.25) is 5.78 Å². The lowest BCUT2D eigenvalue weighted by molar-refractivity contribution is -0.141. The number of nitrogens with zero attached hydrogens (tertiary/aromatic N) is 3. The van der Waals surface area contributed by atoms with Crippen LogP contribution in [0.2, 0.25) is 0 Å². The summed E-state index contributed by atoms with van der Waals surface area (Å²) in [5.41, 5.74) is 7.67. The maximum absolute atomic E-state index is 13.3. The van der Waals surface area contributed by atoms with Crippen LogP contribution in [0.4, 0.5) is 0 Å². The van der Waals surface area contributed by atoms with Crippen LogP contribution in [-0.2, 0) is 25.7 Å². The van der Waals surface area contributed by atoms with Crippen LogP contribution >= 0.6 is 11.3 Å². The number of fused-ring (bicyclic) bond motifs is 4. The van der Waals surface area contributed by atoms with Crippen molar-refractivity contribution in [3.63, 3.8) is 0 Å². The second kappa shape index (κ2) is 10.8. The number of benzene rings is 3. The SMILES string of the molecule is CC(=O)ON=C(C)c1ccc(-n2c3ccc(C(=O)c4cccs4)cc3c3cc4c(cc32)CC(C)/C4=N\OC(C)=O)cc1. The molecular formula is C33H27N3O5S. The first-order valence-corrected chi connectivity index (χ1v) is 14.4. The molecule has 0 fully saturated rings. The highest BCUT2D eigenvalue weighted by atomic mass is 32.1. The van der Waals surface area contributed by atoms with E-state index in [0.29, 0.717) is 16.2 Å². The van der Waals surface area contributed by atoms with E-state index in [0.717, 1.165) is 56.3 Å². The number of carbonyl (C=O) groups excluding carboxylic acids is 3. The molecule has 0 radical (unpaired) electrons. The van der Waals surface area contributed by atoms with Gasteiger partial charge < -0.3 is 14.2 Å². The Labute approximate surface area is 245 Å². The van der Waals surface area contributed by atoms with Crippen molar-refractivity contribution in [2.45, 2.75) is 34.1 Å². The van der Waals surface area contributed by atoms with Crippen molar-refractivity contribution in [3.8, 4) is 5.69 Å². The molecule has 0 aliphatic heterocycles. The molecule has 3 aromatic carbocycles. The molecule has 42 heavy (non-hydrogen) atoms. The number of oxime groups is 2. The highest BCUT2D eigenvalue weighted by Gasteiger charge is 2.28. The smallest absolute Gasteiger partial charge is 0.318 e. The molecule has 0 bridgehead atoms. The first-order chi connectivity index (χ1) is 20.2. The van der Waals surface area contributed by atoms with Crippen molar-refractivity contribution in [1.82, 2.24) is 4.57 Å². The van der Waals surface area contributed by atoms with E-state index in [1.54, 1.807) is 6.92 Å². The van der Waals surface area contributed by atoms with Gasteiger partial charge in [0.05, 0.1) is 27.3 Å². The van der Waals surface area contributed by atoms with Crippen molar-refractivity contribution in [3.05, 3.63) is 99.2 Å². The van der Waals surface area contributed by atoms with Crippen molar-refractivity contribution in [2.75, 3.05) is 0 Å². The van der Waals surface area contributed by atoms with E-state index < -0.39 is 11.9 Å². The van der Waals surface area contributed by atoms with Gasteiger partial charge >= 0.3 is 11.9 Å². The van der Waals surface area contributed by atoms with Crippen LogP contribution < -0.4 is 0 Å². The van der Waals surface area contributed by atoms with E-state index in [2.05, 4.69) is 33.9 Å². The van der Waals surface area contributed by atoms with Crippen LogP contribution in [-0.4, -0.2) is 33.7 Å². The van der Waals surface area contributed by atoms with E-state index >= 15 is 0 Å². The van der Waals surface area contributed by atoms with E-state index in [9.17, 15) is 14.4 Å². The van der Waals surface area contributed by atoms with Gasteiger partial charge in [0, 0.05) is 47.4 Å². The maximum Gasteiger partial charge on any atom is 0.331 e. The number of hydrogen-bond donors (Lipinski definition) is 0. The minimum Gasteiger partial charge on any atom is -0.318 e. The van der Waals surface area contributed by atoms with Gasteiger partial charge in [-0.15, -0.1) is 11.3 Å².